The number of benzene rings is 1. The molecule has 164 valence electrons. The number of fused-ring (bicyclic) bond motifs is 1. The van der Waals surface area contributed by atoms with Gasteiger partial charge in [-0.15, -0.1) is 12.8 Å². The van der Waals surface area contributed by atoms with Crippen LogP contribution in [0, 0.1) is 24.7 Å². The summed E-state index contributed by atoms with van der Waals surface area (Å²) in [5.74, 6) is 4.95. The number of aromatic nitrogens is 4. The van der Waals surface area contributed by atoms with E-state index >= 15 is 0 Å². The monoisotopic (exact) mass is 434 g/mol. The summed E-state index contributed by atoms with van der Waals surface area (Å²) in [5.41, 5.74) is 7.05. The van der Waals surface area contributed by atoms with Gasteiger partial charge in [-0.3, -0.25) is 9.59 Å². The standard InChI is InChI=1S/C20H20N6O4.C2H2/c1-25(12-27)9-8-15(28)7-6-13-4-3-5-14(10-13)26-19-16(17(24-26)18(21)29)11-22-20(23-19)30-2;1-2/h3-5,10-12,15,28H,8-9H2,1-2H3,(H2,21,29);1-2H/t15-;/m0./s1. The molecule has 3 aromatic rings. The molecule has 0 unspecified atom stereocenters. The Kier molecular flexibility index (Phi) is 8.29. The van der Waals surface area contributed by atoms with Crippen molar-refractivity contribution in [2.24, 2.45) is 5.73 Å². The molecule has 3 N–H and O–H groups in total. The topological polar surface area (TPSA) is 136 Å². The number of aliphatic hydroxyl groups is 1. The van der Waals surface area contributed by atoms with Crippen LogP contribution >= 0.6 is 0 Å². The number of carbonyl (C=O) groups excluding carboxylic acids is 2. The van der Waals surface area contributed by atoms with Crippen molar-refractivity contribution in [2.75, 3.05) is 20.7 Å². The molecule has 0 radical (unpaired) electrons. The van der Waals surface area contributed by atoms with E-state index < -0.39 is 12.0 Å². The molecule has 1 atom stereocenters. The molecule has 0 fully saturated rings. The number of methoxy groups -OCH3 is 1. The smallest absolute Gasteiger partial charge is 0.318 e. The SMILES string of the molecule is C#C.COc1ncc2c(C(N)=O)nn(-c3cccc(C#C[C@H](O)CCN(C)C=O)c3)c2n1. The fraction of sp³-hybridized carbons (Fsp3) is 0.227. The van der Waals surface area contributed by atoms with Crippen LogP contribution in [-0.2, 0) is 4.79 Å². The van der Waals surface area contributed by atoms with Crippen LogP contribution in [0.1, 0.15) is 22.5 Å². The predicted octanol–water partition coefficient (Wildman–Crippen LogP) is 0.363. The third kappa shape index (κ3) is 5.59. The van der Waals surface area contributed by atoms with E-state index in [1.807, 2.05) is 0 Å². The number of ether oxygens (including phenoxy) is 1. The van der Waals surface area contributed by atoms with Crippen molar-refractivity contribution in [3.63, 3.8) is 0 Å². The number of hydrogen-bond acceptors (Lipinski definition) is 7. The van der Waals surface area contributed by atoms with Crippen molar-refractivity contribution < 1.29 is 19.4 Å². The second kappa shape index (κ2) is 11.1. The number of rotatable bonds is 7. The first-order valence-corrected chi connectivity index (χ1v) is 9.31. The minimum absolute atomic E-state index is 0.0406. The Hall–Kier alpha value is -4.41. The molecule has 1 aromatic carbocycles. The molecule has 32 heavy (non-hydrogen) atoms. The van der Waals surface area contributed by atoms with Gasteiger partial charge >= 0.3 is 6.01 Å². The maximum Gasteiger partial charge on any atom is 0.318 e. The van der Waals surface area contributed by atoms with Gasteiger partial charge in [0.1, 0.15) is 6.10 Å². The zero-order valence-electron chi connectivity index (χ0n) is 17.6. The zero-order chi connectivity index (χ0) is 23.7. The summed E-state index contributed by atoms with van der Waals surface area (Å²) >= 11 is 0. The van der Waals surface area contributed by atoms with E-state index in [0.717, 1.165) is 0 Å². The molecule has 0 spiro atoms. The van der Waals surface area contributed by atoms with Gasteiger partial charge in [0.25, 0.3) is 5.91 Å². The highest BCUT2D eigenvalue weighted by Crippen LogP contribution is 2.22. The summed E-state index contributed by atoms with van der Waals surface area (Å²) in [5, 5.41) is 14.7. The van der Waals surface area contributed by atoms with Crippen LogP contribution in [0.4, 0.5) is 0 Å². The quantitative estimate of drug-likeness (QED) is 0.405. The Morgan fingerprint density at radius 2 is 2.19 bits per heavy atom. The second-order valence-electron chi connectivity index (χ2n) is 6.43. The average molecular weight is 434 g/mol. The Bertz CT molecular complexity index is 1190. The lowest BCUT2D eigenvalue weighted by molar-refractivity contribution is -0.117. The Morgan fingerprint density at radius 3 is 2.84 bits per heavy atom. The number of nitrogens with two attached hydrogens (primary N) is 1. The molecular formula is C22H22N6O4. The van der Waals surface area contributed by atoms with Crippen LogP contribution in [-0.4, -0.2) is 68.9 Å². The highest BCUT2D eigenvalue weighted by molar-refractivity contribution is 6.03. The van der Waals surface area contributed by atoms with Gasteiger partial charge in [-0.1, -0.05) is 17.9 Å². The molecule has 0 aliphatic heterocycles. The lowest BCUT2D eigenvalue weighted by Crippen LogP contribution is -2.21. The molecule has 0 bridgehead atoms. The van der Waals surface area contributed by atoms with Gasteiger partial charge in [-0.2, -0.15) is 10.1 Å². The van der Waals surface area contributed by atoms with E-state index in [-0.39, 0.29) is 11.7 Å². The molecule has 3 rings (SSSR count). The summed E-state index contributed by atoms with van der Waals surface area (Å²) in [7, 11) is 3.06. The molecule has 2 amide bonds. The fourth-order valence-corrected chi connectivity index (χ4v) is 2.68. The third-order valence-electron chi connectivity index (χ3n) is 4.23. The molecule has 10 nitrogen and oxygen atoms in total. The number of hydrogen-bond donors (Lipinski definition) is 2. The summed E-state index contributed by atoms with van der Waals surface area (Å²) in [4.78, 5) is 32.1. The first kappa shape index (κ1) is 23.9. The molecule has 0 saturated carbocycles. The van der Waals surface area contributed by atoms with E-state index in [1.54, 1.807) is 31.3 Å². The van der Waals surface area contributed by atoms with Crippen molar-refractivity contribution in [3.8, 4) is 36.4 Å². The Labute approximate surface area is 185 Å². The number of aliphatic hydroxyl groups excluding tert-OH is 1. The molecule has 0 aliphatic rings. The van der Waals surface area contributed by atoms with E-state index in [4.69, 9.17) is 10.5 Å². The fourth-order valence-electron chi connectivity index (χ4n) is 2.68. The summed E-state index contributed by atoms with van der Waals surface area (Å²) < 4.78 is 6.52. The number of nitrogens with zero attached hydrogens (tertiary/aromatic N) is 5. The number of carbonyl (C=O) groups is 2. The van der Waals surface area contributed by atoms with Crippen molar-refractivity contribution >= 4 is 23.4 Å². The van der Waals surface area contributed by atoms with Crippen molar-refractivity contribution in [1.82, 2.24) is 24.6 Å². The second-order valence-corrected chi connectivity index (χ2v) is 6.43. The molecule has 0 aliphatic carbocycles. The van der Waals surface area contributed by atoms with E-state index in [1.165, 1.54) is 22.9 Å². The lowest BCUT2D eigenvalue weighted by atomic mass is 10.1. The Morgan fingerprint density at radius 1 is 1.44 bits per heavy atom. The van der Waals surface area contributed by atoms with E-state index in [9.17, 15) is 14.7 Å². The van der Waals surface area contributed by atoms with Crippen LogP contribution in [0.3, 0.4) is 0 Å². The van der Waals surface area contributed by atoms with Crippen molar-refractivity contribution in [2.45, 2.75) is 12.5 Å². The van der Waals surface area contributed by atoms with Crippen LogP contribution in [0.2, 0.25) is 0 Å². The first-order valence-electron chi connectivity index (χ1n) is 9.31. The summed E-state index contributed by atoms with van der Waals surface area (Å²) in [6.07, 6.45) is 9.59. The van der Waals surface area contributed by atoms with Gasteiger partial charge in [0, 0.05) is 31.8 Å². The summed E-state index contributed by atoms with van der Waals surface area (Å²) in [6, 6.07) is 7.17. The van der Waals surface area contributed by atoms with E-state index in [0.29, 0.717) is 41.7 Å². The van der Waals surface area contributed by atoms with Gasteiger partial charge < -0.3 is 20.5 Å². The summed E-state index contributed by atoms with van der Waals surface area (Å²) in [6.45, 7) is 0.399. The van der Waals surface area contributed by atoms with Gasteiger partial charge in [-0.05, 0) is 18.2 Å². The number of primary amides is 1. The normalized spacial score (nSPS) is 10.8. The third-order valence-corrected chi connectivity index (χ3v) is 4.23. The molecule has 2 heterocycles. The number of terminal acetylenes is 1. The van der Waals surface area contributed by atoms with Gasteiger partial charge in [0.05, 0.1) is 18.2 Å². The van der Waals surface area contributed by atoms with Gasteiger partial charge in [0.2, 0.25) is 6.41 Å². The van der Waals surface area contributed by atoms with Crippen LogP contribution in [0.15, 0.2) is 30.5 Å². The minimum Gasteiger partial charge on any atom is -0.467 e. The molecule has 0 saturated heterocycles. The number of amides is 2. The maximum atomic E-state index is 11.8. The predicted molar refractivity (Wildman–Crippen MR) is 118 cm³/mol. The van der Waals surface area contributed by atoms with E-state index in [2.05, 4.69) is 39.8 Å². The lowest BCUT2D eigenvalue weighted by Gasteiger charge is -2.10. The van der Waals surface area contributed by atoms with Crippen molar-refractivity contribution in [1.29, 1.82) is 0 Å². The highest BCUT2D eigenvalue weighted by atomic mass is 16.5. The first-order chi connectivity index (χ1) is 15.4. The largest absolute Gasteiger partial charge is 0.467 e. The minimum atomic E-state index is -0.875. The molecular weight excluding hydrogens is 412 g/mol. The van der Waals surface area contributed by atoms with Gasteiger partial charge in [-0.25, -0.2) is 9.67 Å². The molecule has 10 heteroatoms. The van der Waals surface area contributed by atoms with Crippen LogP contribution in [0.25, 0.3) is 16.7 Å². The maximum absolute atomic E-state index is 11.8. The molecule has 2 aromatic heterocycles. The Balaban J connectivity index is 0.00000176. The van der Waals surface area contributed by atoms with Crippen molar-refractivity contribution in [3.05, 3.63) is 41.7 Å². The zero-order valence-corrected chi connectivity index (χ0v) is 17.6. The highest BCUT2D eigenvalue weighted by Gasteiger charge is 2.18. The van der Waals surface area contributed by atoms with Crippen LogP contribution < -0.4 is 10.5 Å². The average Bonchev–Trinajstić information content (AvgIpc) is 3.21. The van der Waals surface area contributed by atoms with Crippen LogP contribution in [0.5, 0.6) is 6.01 Å². The van der Waals surface area contributed by atoms with Gasteiger partial charge in [0.15, 0.2) is 11.3 Å².